The van der Waals surface area contributed by atoms with Crippen molar-refractivity contribution in [1.82, 2.24) is 19.7 Å². The number of unbranched alkanes of at least 4 members (excludes halogenated alkanes) is 1. The molecular weight excluding hydrogens is 601 g/mol. The maximum Gasteiger partial charge on any atom is 0.324 e. The number of anilines is 3. The molecule has 1 saturated heterocycles. The Morgan fingerprint density at radius 3 is 2.48 bits per heavy atom. The number of halogens is 2. The maximum absolute atomic E-state index is 13.1. The van der Waals surface area contributed by atoms with Crippen LogP contribution < -0.4 is 20.7 Å². The summed E-state index contributed by atoms with van der Waals surface area (Å²) in [5.41, 5.74) is 3.97. The summed E-state index contributed by atoms with van der Waals surface area (Å²) in [6.07, 6.45) is 6.48. The van der Waals surface area contributed by atoms with E-state index in [1.165, 1.54) is 0 Å². The summed E-state index contributed by atoms with van der Waals surface area (Å²) in [5.74, 6) is 1.33. The Hall–Kier alpha value is -4.28. The predicted octanol–water partition coefficient (Wildman–Crippen LogP) is 8.08. The van der Waals surface area contributed by atoms with Crippen molar-refractivity contribution in [3.8, 4) is 11.4 Å². The van der Waals surface area contributed by atoms with Gasteiger partial charge in [0, 0.05) is 25.4 Å². The van der Waals surface area contributed by atoms with Crippen molar-refractivity contribution < 1.29 is 14.3 Å². The predicted molar refractivity (Wildman–Crippen MR) is 174 cm³/mol. The number of carbonyl (C=O) groups excluding carboxylic acids is 2. The molecule has 10 nitrogen and oxygen atoms in total. The molecule has 2 aromatic carbocycles. The molecule has 3 N–H and O–H groups in total. The summed E-state index contributed by atoms with van der Waals surface area (Å²) >= 11 is 13.1. The Morgan fingerprint density at radius 2 is 1.73 bits per heavy atom. The molecule has 0 bridgehead atoms. The molecule has 2 aromatic heterocycles. The smallest absolute Gasteiger partial charge is 0.324 e. The fourth-order valence-electron chi connectivity index (χ4n) is 4.79. The fraction of sp³-hybridized carbons (Fsp3) is 0.312. The number of hydrogen-bond donors (Lipinski definition) is 3. The van der Waals surface area contributed by atoms with Gasteiger partial charge in [-0.3, -0.25) is 10.6 Å². The molecule has 0 radical (unpaired) electrons. The monoisotopic (exact) mass is 635 g/mol. The van der Waals surface area contributed by atoms with Gasteiger partial charge in [0.05, 0.1) is 22.1 Å². The number of rotatable bonds is 10. The lowest BCUT2D eigenvalue weighted by Crippen LogP contribution is -2.32. The molecular formula is C32H35Cl2N7O3. The van der Waals surface area contributed by atoms with E-state index in [0.717, 1.165) is 67.7 Å². The highest BCUT2D eigenvalue weighted by Crippen LogP contribution is 2.38. The van der Waals surface area contributed by atoms with Crippen molar-refractivity contribution in [2.45, 2.75) is 52.6 Å². The third-order valence-corrected chi connectivity index (χ3v) is 8.07. The van der Waals surface area contributed by atoms with Crippen LogP contribution in [-0.2, 0) is 13.0 Å². The van der Waals surface area contributed by atoms with E-state index in [1.807, 2.05) is 37.3 Å². The molecule has 1 aliphatic rings. The minimum Gasteiger partial charge on any atom is -0.487 e. The van der Waals surface area contributed by atoms with Crippen LogP contribution in [0.15, 0.2) is 60.8 Å². The molecule has 0 spiro atoms. The molecule has 3 heterocycles. The van der Waals surface area contributed by atoms with E-state index in [1.54, 1.807) is 40.0 Å². The van der Waals surface area contributed by atoms with Gasteiger partial charge in [0.2, 0.25) is 0 Å². The van der Waals surface area contributed by atoms with Crippen molar-refractivity contribution in [3.63, 3.8) is 0 Å². The average molecular weight is 637 g/mol. The number of ether oxygens (including phenoxy) is 1. The van der Waals surface area contributed by atoms with Gasteiger partial charge in [0.25, 0.3) is 0 Å². The maximum atomic E-state index is 13.1. The summed E-state index contributed by atoms with van der Waals surface area (Å²) < 4.78 is 7.64. The number of amides is 4. The number of carbonyl (C=O) groups is 2. The lowest BCUT2D eigenvalue weighted by molar-refractivity contribution is 0.222. The van der Waals surface area contributed by atoms with Gasteiger partial charge in [-0.2, -0.15) is 5.10 Å². The summed E-state index contributed by atoms with van der Waals surface area (Å²) in [4.78, 5) is 31.5. The Morgan fingerprint density at radius 1 is 0.955 bits per heavy atom. The van der Waals surface area contributed by atoms with E-state index < -0.39 is 6.03 Å². The van der Waals surface area contributed by atoms with Gasteiger partial charge in [-0.1, -0.05) is 54.2 Å². The average Bonchev–Trinajstić information content (AvgIpc) is 3.70. The number of urea groups is 2. The standard InChI is InChI=1S/C32H35Cl2N7O3/c1-3-4-7-23-19-28(41(39-23)24-10-8-21(2)9-11-24)38-31(42)36-25-12-13-26(30(34)29(25)33)44-20-22-14-15-35-27(18-22)37-32(43)40-16-5-6-17-40/h8-15,18-19H,3-7,16-17,20H2,1-2H3,(H,35,37,43)(H2,36,38,42). The molecule has 1 fully saturated rings. The topological polar surface area (TPSA) is 113 Å². The Bertz CT molecular complexity index is 1620. The van der Waals surface area contributed by atoms with E-state index in [-0.39, 0.29) is 22.7 Å². The molecule has 0 aliphatic carbocycles. The van der Waals surface area contributed by atoms with E-state index in [9.17, 15) is 9.59 Å². The fourth-order valence-corrected chi connectivity index (χ4v) is 5.22. The summed E-state index contributed by atoms with van der Waals surface area (Å²) in [6.45, 7) is 5.81. The highest BCUT2D eigenvalue weighted by molar-refractivity contribution is 6.45. The number of likely N-dealkylation sites (tertiary alicyclic amines) is 1. The van der Waals surface area contributed by atoms with Crippen molar-refractivity contribution in [3.05, 3.63) is 87.7 Å². The van der Waals surface area contributed by atoms with Crippen molar-refractivity contribution in [1.29, 1.82) is 0 Å². The lowest BCUT2D eigenvalue weighted by atomic mass is 10.2. The Balaban J connectivity index is 1.22. The molecule has 0 atom stereocenters. The minimum absolute atomic E-state index is 0.142. The van der Waals surface area contributed by atoms with Gasteiger partial charge >= 0.3 is 12.1 Å². The van der Waals surface area contributed by atoms with Gasteiger partial charge in [0.15, 0.2) is 0 Å². The summed E-state index contributed by atoms with van der Waals surface area (Å²) in [7, 11) is 0. The summed E-state index contributed by atoms with van der Waals surface area (Å²) in [6, 6.07) is 15.9. The summed E-state index contributed by atoms with van der Waals surface area (Å²) in [5, 5.41) is 13.5. The lowest BCUT2D eigenvalue weighted by Gasteiger charge is -2.16. The van der Waals surface area contributed by atoms with Crippen LogP contribution in [0.4, 0.5) is 26.9 Å². The first kappa shape index (κ1) is 31.2. The van der Waals surface area contributed by atoms with E-state index >= 15 is 0 Å². The normalized spacial score (nSPS) is 12.7. The Kier molecular flexibility index (Phi) is 10.2. The highest BCUT2D eigenvalue weighted by atomic mass is 35.5. The zero-order valence-electron chi connectivity index (χ0n) is 24.7. The first-order valence-electron chi connectivity index (χ1n) is 14.7. The minimum atomic E-state index is -0.493. The number of nitrogens with zero attached hydrogens (tertiary/aromatic N) is 4. The van der Waals surface area contributed by atoms with Gasteiger partial charge in [-0.05, 0) is 74.6 Å². The van der Waals surface area contributed by atoms with E-state index in [0.29, 0.717) is 23.1 Å². The van der Waals surface area contributed by atoms with E-state index in [2.05, 4.69) is 27.9 Å². The van der Waals surface area contributed by atoms with Gasteiger partial charge in [-0.15, -0.1) is 0 Å². The number of aromatic nitrogens is 3. The SMILES string of the molecule is CCCCc1cc(NC(=O)Nc2ccc(OCc3ccnc(NC(=O)N4CCCC4)c3)c(Cl)c2Cl)n(-c2ccc(C)cc2)n1. The van der Waals surface area contributed by atoms with Crippen LogP contribution in [0.1, 0.15) is 49.4 Å². The number of pyridine rings is 1. The van der Waals surface area contributed by atoms with Crippen LogP contribution in [0.3, 0.4) is 0 Å². The van der Waals surface area contributed by atoms with Crippen molar-refractivity contribution in [2.75, 3.05) is 29.0 Å². The molecule has 4 aromatic rings. The zero-order chi connectivity index (χ0) is 31.1. The molecule has 12 heteroatoms. The molecule has 0 saturated carbocycles. The molecule has 1 aliphatic heterocycles. The van der Waals surface area contributed by atoms with Crippen molar-refractivity contribution >= 4 is 52.6 Å². The second-order valence-electron chi connectivity index (χ2n) is 10.7. The Labute approximate surface area is 266 Å². The molecule has 5 rings (SSSR count). The number of aryl methyl sites for hydroxylation is 2. The number of nitrogens with one attached hydrogen (secondary N) is 3. The molecule has 230 valence electrons. The molecule has 0 unspecified atom stereocenters. The van der Waals surface area contributed by atoms with Crippen LogP contribution >= 0.6 is 23.2 Å². The van der Waals surface area contributed by atoms with Crippen molar-refractivity contribution in [2.24, 2.45) is 0 Å². The number of hydrogen-bond acceptors (Lipinski definition) is 5. The first-order valence-corrected chi connectivity index (χ1v) is 15.4. The molecule has 44 heavy (non-hydrogen) atoms. The van der Waals surface area contributed by atoms with E-state index in [4.69, 9.17) is 33.0 Å². The second kappa shape index (κ2) is 14.5. The van der Waals surface area contributed by atoms with Crippen LogP contribution in [0.2, 0.25) is 10.0 Å². The third-order valence-electron chi connectivity index (χ3n) is 7.21. The highest BCUT2D eigenvalue weighted by Gasteiger charge is 2.19. The number of benzene rings is 2. The first-order chi connectivity index (χ1) is 21.3. The second-order valence-corrected chi connectivity index (χ2v) is 11.4. The van der Waals surface area contributed by atoms with Gasteiger partial charge in [0.1, 0.15) is 29.0 Å². The third kappa shape index (κ3) is 7.81. The van der Waals surface area contributed by atoms with Crippen LogP contribution in [-0.4, -0.2) is 44.8 Å². The van der Waals surface area contributed by atoms with Gasteiger partial charge < -0.3 is 15.0 Å². The van der Waals surface area contributed by atoms with Crippen LogP contribution in [0.5, 0.6) is 5.75 Å². The quantitative estimate of drug-likeness (QED) is 0.163. The zero-order valence-corrected chi connectivity index (χ0v) is 26.2. The molecule has 4 amide bonds. The largest absolute Gasteiger partial charge is 0.487 e. The van der Waals surface area contributed by atoms with Crippen LogP contribution in [0, 0.1) is 6.92 Å². The van der Waals surface area contributed by atoms with Crippen LogP contribution in [0.25, 0.3) is 5.69 Å². The van der Waals surface area contributed by atoms with Gasteiger partial charge in [-0.25, -0.2) is 19.3 Å².